The molecule has 5 nitrogen and oxygen atoms in total. The van der Waals surface area contributed by atoms with Crippen LogP contribution in [0.1, 0.15) is 5.56 Å². The van der Waals surface area contributed by atoms with Crippen molar-refractivity contribution in [2.24, 2.45) is 5.84 Å². The van der Waals surface area contributed by atoms with E-state index in [1.54, 1.807) is 18.2 Å². The van der Waals surface area contributed by atoms with Gasteiger partial charge in [0.05, 0.1) is 5.56 Å². The zero-order valence-electron chi connectivity index (χ0n) is 7.66. The van der Waals surface area contributed by atoms with Crippen molar-refractivity contribution >= 4 is 21.8 Å². The van der Waals surface area contributed by atoms with Crippen molar-refractivity contribution in [2.75, 3.05) is 6.61 Å². The summed E-state index contributed by atoms with van der Waals surface area (Å²) in [6.07, 6.45) is 0. The average Bonchev–Trinajstić information content (AvgIpc) is 2.26. The van der Waals surface area contributed by atoms with Crippen LogP contribution >= 0.6 is 15.9 Å². The molecule has 78 valence electrons. The monoisotopic (exact) mass is 269 g/mol. The number of hydrogen-bond donors (Lipinski definition) is 2. The molecule has 6 heteroatoms. The molecule has 0 heterocycles. The Kier molecular flexibility index (Phi) is 4.09. The molecule has 0 radical (unpaired) electrons. The van der Waals surface area contributed by atoms with Gasteiger partial charge in [0, 0.05) is 4.47 Å². The molecule has 0 fully saturated rings. The van der Waals surface area contributed by atoms with E-state index in [1.165, 1.54) is 0 Å². The van der Waals surface area contributed by atoms with Gasteiger partial charge in [-0.25, -0.2) is 5.84 Å². The third-order valence-corrected chi connectivity index (χ3v) is 2.08. The Hall–Kier alpha value is -1.58. The Labute approximate surface area is 94.9 Å². The molecule has 0 unspecified atom stereocenters. The predicted molar refractivity (Wildman–Crippen MR) is 56.7 cm³/mol. The fraction of sp³-hybridized carbons (Fsp3) is 0.111. The molecule has 0 aromatic heterocycles. The van der Waals surface area contributed by atoms with Crippen LogP contribution in [0.15, 0.2) is 22.7 Å². The fourth-order valence-electron chi connectivity index (χ4n) is 0.900. The van der Waals surface area contributed by atoms with Gasteiger partial charge >= 0.3 is 0 Å². The second-order valence-corrected chi connectivity index (χ2v) is 3.52. The highest BCUT2D eigenvalue weighted by molar-refractivity contribution is 9.10. The molecule has 0 bridgehead atoms. The smallest absolute Gasteiger partial charge is 0.271 e. The number of nitrogens with zero attached hydrogens (tertiary/aromatic N) is 1. The first-order chi connectivity index (χ1) is 7.17. The Morgan fingerprint density at radius 3 is 3.00 bits per heavy atom. The molecule has 0 aliphatic heterocycles. The second-order valence-electron chi connectivity index (χ2n) is 2.61. The number of halogens is 1. The molecule has 1 rings (SSSR count). The zero-order valence-corrected chi connectivity index (χ0v) is 9.24. The standard InChI is InChI=1S/C9H8BrN3O2/c10-7-1-2-8(6(3-7)4-11)15-5-9(14)13-12/h1-3H,5,12H2,(H,13,14). The molecule has 0 aliphatic rings. The Balaban J connectivity index is 2.77. The zero-order chi connectivity index (χ0) is 11.3. The molecular formula is C9H8BrN3O2. The minimum Gasteiger partial charge on any atom is -0.482 e. The van der Waals surface area contributed by atoms with Gasteiger partial charge < -0.3 is 4.74 Å². The number of hydrazine groups is 1. The van der Waals surface area contributed by atoms with Crippen molar-refractivity contribution in [3.05, 3.63) is 28.2 Å². The number of carbonyl (C=O) groups is 1. The van der Waals surface area contributed by atoms with E-state index in [-0.39, 0.29) is 6.61 Å². The van der Waals surface area contributed by atoms with Crippen LogP contribution < -0.4 is 16.0 Å². The Morgan fingerprint density at radius 1 is 1.67 bits per heavy atom. The number of nitriles is 1. The maximum atomic E-state index is 10.8. The highest BCUT2D eigenvalue weighted by atomic mass is 79.9. The summed E-state index contributed by atoms with van der Waals surface area (Å²) >= 11 is 3.22. The van der Waals surface area contributed by atoms with Gasteiger partial charge in [0.15, 0.2) is 6.61 Å². The van der Waals surface area contributed by atoms with Gasteiger partial charge in [-0.3, -0.25) is 10.2 Å². The first-order valence-corrected chi connectivity index (χ1v) is 4.78. The largest absolute Gasteiger partial charge is 0.482 e. The van der Waals surface area contributed by atoms with Crippen molar-refractivity contribution in [3.63, 3.8) is 0 Å². The number of amides is 1. The van der Waals surface area contributed by atoms with Crippen LogP contribution in [-0.4, -0.2) is 12.5 Å². The molecule has 0 spiro atoms. The molecule has 1 amide bonds. The Bertz CT molecular complexity index is 414. The van der Waals surface area contributed by atoms with Gasteiger partial charge in [0.25, 0.3) is 5.91 Å². The van der Waals surface area contributed by atoms with Crippen molar-refractivity contribution in [3.8, 4) is 11.8 Å². The van der Waals surface area contributed by atoms with Gasteiger partial charge in [-0.15, -0.1) is 0 Å². The number of rotatable bonds is 3. The van der Waals surface area contributed by atoms with Crippen LogP contribution in [0.4, 0.5) is 0 Å². The predicted octanol–water partition coefficient (Wildman–Crippen LogP) is 0.689. The average molecular weight is 270 g/mol. The van der Waals surface area contributed by atoms with E-state index in [0.717, 1.165) is 4.47 Å². The van der Waals surface area contributed by atoms with Gasteiger partial charge in [-0.05, 0) is 18.2 Å². The topological polar surface area (TPSA) is 88.1 Å². The number of ether oxygens (including phenoxy) is 1. The SMILES string of the molecule is N#Cc1cc(Br)ccc1OCC(=O)NN. The van der Waals surface area contributed by atoms with E-state index < -0.39 is 5.91 Å². The van der Waals surface area contributed by atoms with Gasteiger partial charge in [-0.2, -0.15) is 5.26 Å². The van der Waals surface area contributed by atoms with E-state index in [1.807, 2.05) is 11.5 Å². The lowest BCUT2D eigenvalue weighted by Crippen LogP contribution is -2.34. The van der Waals surface area contributed by atoms with Crippen molar-refractivity contribution in [2.45, 2.75) is 0 Å². The maximum absolute atomic E-state index is 10.8. The lowest BCUT2D eigenvalue weighted by Gasteiger charge is -2.06. The molecule has 0 aliphatic carbocycles. The quantitative estimate of drug-likeness (QED) is 0.480. The van der Waals surface area contributed by atoms with Crippen LogP contribution in [0.5, 0.6) is 5.75 Å². The minimum absolute atomic E-state index is 0.215. The van der Waals surface area contributed by atoms with Crippen LogP contribution in [0.2, 0.25) is 0 Å². The number of hydrogen-bond acceptors (Lipinski definition) is 4. The van der Waals surface area contributed by atoms with Crippen LogP contribution in [0.3, 0.4) is 0 Å². The number of nitrogens with two attached hydrogens (primary N) is 1. The highest BCUT2D eigenvalue weighted by Crippen LogP contribution is 2.22. The van der Waals surface area contributed by atoms with Crippen molar-refractivity contribution in [1.29, 1.82) is 5.26 Å². The van der Waals surface area contributed by atoms with Gasteiger partial charge in [-0.1, -0.05) is 15.9 Å². The van der Waals surface area contributed by atoms with Crippen molar-refractivity contribution in [1.82, 2.24) is 5.43 Å². The summed E-state index contributed by atoms with van der Waals surface area (Å²) in [5.74, 6) is 4.77. The fourth-order valence-corrected chi connectivity index (χ4v) is 1.26. The molecule has 15 heavy (non-hydrogen) atoms. The normalized spacial score (nSPS) is 9.13. The third-order valence-electron chi connectivity index (χ3n) is 1.58. The summed E-state index contributed by atoms with van der Waals surface area (Å²) < 4.78 is 5.87. The van der Waals surface area contributed by atoms with Crippen LogP contribution in [0.25, 0.3) is 0 Å². The third kappa shape index (κ3) is 3.23. The van der Waals surface area contributed by atoms with E-state index in [0.29, 0.717) is 11.3 Å². The summed E-state index contributed by atoms with van der Waals surface area (Å²) in [6, 6.07) is 6.89. The number of nitrogens with one attached hydrogen (secondary N) is 1. The molecule has 3 N–H and O–H groups in total. The maximum Gasteiger partial charge on any atom is 0.271 e. The lowest BCUT2D eigenvalue weighted by molar-refractivity contribution is -0.123. The van der Waals surface area contributed by atoms with Crippen LogP contribution in [-0.2, 0) is 4.79 Å². The van der Waals surface area contributed by atoms with E-state index >= 15 is 0 Å². The summed E-state index contributed by atoms with van der Waals surface area (Å²) in [4.78, 5) is 10.8. The molecule has 0 saturated heterocycles. The van der Waals surface area contributed by atoms with Crippen LogP contribution in [0, 0.1) is 11.3 Å². The first-order valence-electron chi connectivity index (χ1n) is 3.99. The number of carbonyl (C=O) groups excluding carboxylic acids is 1. The Morgan fingerprint density at radius 2 is 2.40 bits per heavy atom. The first kappa shape index (κ1) is 11.5. The van der Waals surface area contributed by atoms with Crippen molar-refractivity contribution < 1.29 is 9.53 Å². The van der Waals surface area contributed by atoms with E-state index in [2.05, 4.69) is 15.9 Å². The van der Waals surface area contributed by atoms with E-state index in [4.69, 9.17) is 15.8 Å². The molecular weight excluding hydrogens is 262 g/mol. The molecule has 1 aromatic rings. The summed E-state index contributed by atoms with van der Waals surface area (Å²) in [6.45, 7) is -0.215. The van der Waals surface area contributed by atoms with Gasteiger partial charge in [0.1, 0.15) is 11.8 Å². The summed E-state index contributed by atoms with van der Waals surface area (Å²) in [5, 5.41) is 8.79. The molecule has 0 saturated carbocycles. The molecule has 1 aromatic carbocycles. The highest BCUT2D eigenvalue weighted by Gasteiger charge is 2.06. The second kappa shape index (κ2) is 5.34. The minimum atomic E-state index is -0.457. The van der Waals surface area contributed by atoms with E-state index in [9.17, 15) is 4.79 Å². The number of benzene rings is 1. The van der Waals surface area contributed by atoms with Gasteiger partial charge in [0.2, 0.25) is 0 Å². The lowest BCUT2D eigenvalue weighted by atomic mass is 10.2. The molecule has 0 atom stereocenters. The summed E-state index contributed by atoms with van der Waals surface area (Å²) in [7, 11) is 0. The summed E-state index contributed by atoms with van der Waals surface area (Å²) in [5.41, 5.74) is 2.28.